The minimum Gasteiger partial charge on any atom is -0.395 e. The van der Waals surface area contributed by atoms with Gasteiger partial charge < -0.3 is 10.0 Å². The van der Waals surface area contributed by atoms with Gasteiger partial charge in [-0.1, -0.05) is 18.2 Å². The number of benzene rings is 1. The van der Waals surface area contributed by atoms with Gasteiger partial charge in [0.05, 0.1) is 13.2 Å². The molecule has 1 aliphatic rings. The van der Waals surface area contributed by atoms with Gasteiger partial charge in [-0.15, -0.1) is 0 Å². The summed E-state index contributed by atoms with van der Waals surface area (Å²) in [7, 11) is 0. The van der Waals surface area contributed by atoms with Crippen molar-refractivity contribution in [2.75, 3.05) is 31.1 Å². The molecule has 4 heteroatoms. The number of likely N-dealkylation sites (tertiary alicyclic amines) is 1. The van der Waals surface area contributed by atoms with Crippen LogP contribution in [0, 0.1) is 0 Å². The van der Waals surface area contributed by atoms with Crippen LogP contribution in [0.25, 0.3) is 0 Å². The summed E-state index contributed by atoms with van der Waals surface area (Å²) >= 11 is 0. The molecule has 19 heavy (non-hydrogen) atoms. The van der Waals surface area contributed by atoms with Crippen molar-refractivity contribution in [3.05, 3.63) is 30.3 Å². The lowest BCUT2D eigenvalue weighted by Crippen LogP contribution is -2.43. The summed E-state index contributed by atoms with van der Waals surface area (Å²) in [5, 5.41) is 9.30. The molecule has 2 rings (SSSR count). The molecule has 1 amide bonds. The number of anilines is 1. The van der Waals surface area contributed by atoms with Crippen molar-refractivity contribution < 1.29 is 9.90 Å². The highest BCUT2D eigenvalue weighted by Crippen LogP contribution is 2.18. The van der Waals surface area contributed by atoms with E-state index in [-0.39, 0.29) is 18.6 Å². The van der Waals surface area contributed by atoms with Crippen LogP contribution in [0.4, 0.5) is 5.69 Å². The third kappa shape index (κ3) is 3.33. The van der Waals surface area contributed by atoms with E-state index in [2.05, 4.69) is 4.90 Å². The molecule has 0 radical (unpaired) electrons. The first-order valence-electron chi connectivity index (χ1n) is 6.96. The van der Waals surface area contributed by atoms with Gasteiger partial charge in [0.25, 0.3) is 0 Å². The van der Waals surface area contributed by atoms with E-state index in [9.17, 15) is 9.90 Å². The Balaban J connectivity index is 2.01. The Morgan fingerprint density at radius 3 is 2.79 bits per heavy atom. The molecule has 0 aromatic heterocycles. The van der Waals surface area contributed by atoms with E-state index in [1.165, 1.54) is 0 Å². The minimum atomic E-state index is 0.106. The van der Waals surface area contributed by atoms with E-state index >= 15 is 0 Å². The standard InChI is InChI=1S/C15H22N2O2/c1-2-17(13-7-4-3-5-8-13)15(19)11-16-10-6-9-14(16)12-18/h3-5,7-8,14,18H,2,6,9-12H2,1H3/t14-/m1/s1. The fourth-order valence-electron chi connectivity index (χ4n) is 2.68. The van der Waals surface area contributed by atoms with Crippen LogP contribution in [0.2, 0.25) is 0 Å². The second kappa shape index (κ2) is 6.68. The highest BCUT2D eigenvalue weighted by atomic mass is 16.3. The van der Waals surface area contributed by atoms with Gasteiger partial charge >= 0.3 is 0 Å². The van der Waals surface area contributed by atoms with E-state index in [0.717, 1.165) is 25.1 Å². The Hall–Kier alpha value is -1.39. The molecule has 0 unspecified atom stereocenters. The van der Waals surface area contributed by atoms with Crippen LogP contribution < -0.4 is 4.90 Å². The van der Waals surface area contributed by atoms with E-state index in [1.807, 2.05) is 37.3 Å². The number of likely N-dealkylation sites (N-methyl/N-ethyl adjacent to an activating group) is 1. The first-order valence-corrected chi connectivity index (χ1v) is 6.96. The molecule has 1 heterocycles. The van der Waals surface area contributed by atoms with Crippen LogP contribution in [0.15, 0.2) is 30.3 Å². The number of rotatable bonds is 5. The molecule has 1 aromatic rings. The van der Waals surface area contributed by atoms with Crippen LogP contribution in [-0.2, 0) is 4.79 Å². The number of carbonyl (C=O) groups excluding carboxylic acids is 1. The number of hydrogen-bond donors (Lipinski definition) is 1. The number of carbonyl (C=O) groups is 1. The zero-order valence-electron chi connectivity index (χ0n) is 11.5. The molecule has 1 fully saturated rings. The molecular weight excluding hydrogens is 240 g/mol. The van der Waals surface area contributed by atoms with Crippen LogP contribution >= 0.6 is 0 Å². The Morgan fingerprint density at radius 1 is 1.42 bits per heavy atom. The van der Waals surface area contributed by atoms with Crippen molar-refractivity contribution in [1.82, 2.24) is 4.90 Å². The van der Waals surface area contributed by atoms with Crippen molar-refractivity contribution >= 4 is 11.6 Å². The first-order chi connectivity index (χ1) is 9.26. The quantitative estimate of drug-likeness (QED) is 0.874. The van der Waals surface area contributed by atoms with Gasteiger partial charge in [-0.05, 0) is 38.4 Å². The molecule has 1 aromatic carbocycles. The third-order valence-corrected chi connectivity index (χ3v) is 3.73. The first kappa shape index (κ1) is 14.0. The van der Waals surface area contributed by atoms with Gasteiger partial charge in [0.1, 0.15) is 0 Å². The number of para-hydroxylation sites is 1. The van der Waals surface area contributed by atoms with Crippen molar-refractivity contribution in [3.63, 3.8) is 0 Å². The van der Waals surface area contributed by atoms with Crippen molar-refractivity contribution in [3.8, 4) is 0 Å². The minimum absolute atomic E-state index is 0.106. The summed E-state index contributed by atoms with van der Waals surface area (Å²) in [6, 6.07) is 9.89. The van der Waals surface area contributed by atoms with Gasteiger partial charge in [-0.2, -0.15) is 0 Å². The zero-order chi connectivity index (χ0) is 13.7. The summed E-state index contributed by atoms with van der Waals surface area (Å²) in [5.41, 5.74) is 0.940. The number of nitrogens with zero attached hydrogens (tertiary/aromatic N) is 2. The van der Waals surface area contributed by atoms with Crippen molar-refractivity contribution in [2.45, 2.75) is 25.8 Å². The van der Waals surface area contributed by atoms with Gasteiger partial charge in [-0.25, -0.2) is 0 Å². The Labute approximate surface area is 114 Å². The summed E-state index contributed by atoms with van der Waals surface area (Å²) in [6.07, 6.45) is 2.05. The predicted octanol–water partition coefficient (Wildman–Crippen LogP) is 1.50. The van der Waals surface area contributed by atoms with E-state index < -0.39 is 0 Å². The van der Waals surface area contributed by atoms with Crippen molar-refractivity contribution in [1.29, 1.82) is 0 Å². The lowest BCUT2D eigenvalue weighted by molar-refractivity contribution is -0.120. The molecule has 0 bridgehead atoms. The highest BCUT2D eigenvalue weighted by molar-refractivity contribution is 5.94. The third-order valence-electron chi connectivity index (χ3n) is 3.73. The summed E-state index contributed by atoms with van der Waals surface area (Å²) in [5.74, 6) is 0.106. The second-order valence-electron chi connectivity index (χ2n) is 4.92. The fraction of sp³-hybridized carbons (Fsp3) is 0.533. The number of aliphatic hydroxyl groups is 1. The Kier molecular flexibility index (Phi) is 4.93. The average molecular weight is 262 g/mol. The predicted molar refractivity (Wildman–Crippen MR) is 76.1 cm³/mol. The maximum atomic E-state index is 12.4. The number of hydrogen-bond acceptors (Lipinski definition) is 3. The van der Waals surface area contributed by atoms with Crippen molar-refractivity contribution in [2.24, 2.45) is 0 Å². The summed E-state index contributed by atoms with van der Waals surface area (Å²) in [4.78, 5) is 16.3. The zero-order valence-corrected chi connectivity index (χ0v) is 11.5. The Morgan fingerprint density at radius 2 is 2.16 bits per heavy atom. The normalized spacial score (nSPS) is 19.6. The largest absolute Gasteiger partial charge is 0.395 e. The lowest BCUT2D eigenvalue weighted by atomic mass is 10.2. The van der Waals surface area contributed by atoms with Gasteiger partial charge in [0.15, 0.2) is 0 Å². The highest BCUT2D eigenvalue weighted by Gasteiger charge is 2.27. The van der Waals surface area contributed by atoms with Crippen LogP contribution in [0.5, 0.6) is 0 Å². The summed E-state index contributed by atoms with van der Waals surface area (Å²) in [6.45, 7) is 4.10. The van der Waals surface area contributed by atoms with Gasteiger partial charge in [-0.3, -0.25) is 9.69 Å². The molecule has 0 spiro atoms. The molecule has 4 nitrogen and oxygen atoms in total. The monoisotopic (exact) mass is 262 g/mol. The van der Waals surface area contributed by atoms with E-state index in [4.69, 9.17) is 0 Å². The van der Waals surface area contributed by atoms with Crippen LogP contribution in [-0.4, -0.2) is 48.2 Å². The molecular formula is C15H22N2O2. The molecule has 1 atom stereocenters. The van der Waals surface area contributed by atoms with Gasteiger partial charge in [0, 0.05) is 18.3 Å². The topological polar surface area (TPSA) is 43.8 Å². The lowest BCUT2D eigenvalue weighted by Gasteiger charge is -2.27. The Bertz CT molecular complexity index is 408. The molecule has 0 saturated carbocycles. The smallest absolute Gasteiger partial charge is 0.241 e. The van der Waals surface area contributed by atoms with Crippen LogP contribution in [0.3, 0.4) is 0 Å². The average Bonchev–Trinajstić information content (AvgIpc) is 2.88. The van der Waals surface area contributed by atoms with Gasteiger partial charge in [0.2, 0.25) is 5.91 Å². The molecule has 0 aliphatic carbocycles. The van der Waals surface area contributed by atoms with E-state index in [1.54, 1.807) is 4.90 Å². The maximum Gasteiger partial charge on any atom is 0.241 e. The van der Waals surface area contributed by atoms with Crippen LogP contribution in [0.1, 0.15) is 19.8 Å². The molecule has 1 N–H and O–H groups in total. The number of aliphatic hydroxyl groups excluding tert-OH is 1. The molecule has 1 aliphatic heterocycles. The maximum absolute atomic E-state index is 12.4. The number of amides is 1. The fourth-order valence-corrected chi connectivity index (χ4v) is 2.68. The molecule has 1 saturated heterocycles. The van der Waals surface area contributed by atoms with E-state index in [0.29, 0.717) is 13.1 Å². The molecule has 104 valence electrons. The second-order valence-corrected chi connectivity index (χ2v) is 4.92. The SMILES string of the molecule is CCN(C(=O)CN1CCC[C@@H]1CO)c1ccccc1. The summed E-state index contributed by atoms with van der Waals surface area (Å²) < 4.78 is 0.